The van der Waals surface area contributed by atoms with Gasteiger partial charge in [-0.25, -0.2) is 0 Å². The van der Waals surface area contributed by atoms with Crippen LogP contribution in [0.1, 0.15) is 45.4 Å². The zero-order valence-corrected chi connectivity index (χ0v) is 14.7. The molecular weight excluding hydrogens is 316 g/mol. The Labute approximate surface area is 148 Å². The largest absolute Gasteiger partial charge is 0.389 e. The van der Waals surface area contributed by atoms with Gasteiger partial charge in [0.25, 0.3) is 0 Å². The molecule has 0 aliphatic heterocycles. The molecule has 0 radical (unpaired) electrons. The number of carbonyl (C=O) groups is 3. The predicted molar refractivity (Wildman–Crippen MR) is 92.6 cm³/mol. The van der Waals surface area contributed by atoms with Crippen LogP contribution in [0.5, 0.6) is 0 Å². The Bertz CT molecular complexity index is 690. The standard InChI is InChI=1S/C21H26O4/c1-20-8-7-17-15(16(20)4-5-18(20)19(25)11-22)3-2-13-10-14(24)6-9-21(13,17)12-23/h2-3,10,12,15-18,22H,4-9,11H2,1H3/t15-,16-,17-,18+,20-,21-/m0/s1. The van der Waals surface area contributed by atoms with Crippen molar-refractivity contribution in [1.82, 2.24) is 0 Å². The minimum atomic E-state index is -0.520. The van der Waals surface area contributed by atoms with Crippen LogP contribution in [0.3, 0.4) is 0 Å². The zero-order valence-electron chi connectivity index (χ0n) is 14.7. The highest BCUT2D eigenvalue weighted by Crippen LogP contribution is 2.64. The van der Waals surface area contributed by atoms with E-state index in [2.05, 4.69) is 13.0 Å². The van der Waals surface area contributed by atoms with Gasteiger partial charge in [-0.1, -0.05) is 19.1 Å². The first kappa shape index (κ1) is 16.9. The lowest BCUT2D eigenvalue weighted by Gasteiger charge is -2.55. The number of ketones is 2. The first-order valence-corrected chi connectivity index (χ1v) is 9.49. The maximum absolute atomic E-state index is 12.2. The molecule has 6 atom stereocenters. The molecule has 4 aliphatic carbocycles. The van der Waals surface area contributed by atoms with E-state index in [1.165, 1.54) is 0 Å². The topological polar surface area (TPSA) is 71.4 Å². The molecule has 0 heterocycles. The summed E-state index contributed by atoms with van der Waals surface area (Å²) < 4.78 is 0. The molecule has 4 heteroatoms. The minimum absolute atomic E-state index is 0.0304. The Morgan fingerprint density at radius 1 is 1.28 bits per heavy atom. The van der Waals surface area contributed by atoms with E-state index >= 15 is 0 Å². The van der Waals surface area contributed by atoms with Gasteiger partial charge in [0, 0.05) is 12.3 Å². The Hall–Kier alpha value is -1.55. The summed E-state index contributed by atoms with van der Waals surface area (Å²) in [6.45, 7) is 1.83. The van der Waals surface area contributed by atoms with Gasteiger partial charge in [0.2, 0.25) is 0 Å². The van der Waals surface area contributed by atoms with Crippen molar-refractivity contribution in [2.75, 3.05) is 6.61 Å². The van der Waals surface area contributed by atoms with Gasteiger partial charge < -0.3 is 9.90 Å². The molecule has 0 aromatic rings. The molecule has 0 amide bonds. The summed E-state index contributed by atoms with van der Waals surface area (Å²) in [7, 11) is 0. The first-order valence-electron chi connectivity index (χ1n) is 9.49. The minimum Gasteiger partial charge on any atom is -0.389 e. The van der Waals surface area contributed by atoms with Crippen LogP contribution in [0.15, 0.2) is 23.8 Å². The molecule has 0 bridgehead atoms. The summed E-state index contributed by atoms with van der Waals surface area (Å²) in [5.74, 6) is 0.914. The molecule has 2 fully saturated rings. The van der Waals surface area contributed by atoms with E-state index in [9.17, 15) is 19.5 Å². The Kier molecular flexibility index (Phi) is 3.87. The van der Waals surface area contributed by atoms with Gasteiger partial charge in [0.1, 0.15) is 12.9 Å². The monoisotopic (exact) mass is 342 g/mol. The molecule has 4 nitrogen and oxygen atoms in total. The van der Waals surface area contributed by atoms with E-state index in [1.54, 1.807) is 6.08 Å². The van der Waals surface area contributed by atoms with Crippen molar-refractivity contribution >= 4 is 17.9 Å². The number of rotatable bonds is 3. The normalized spacial score (nSPS) is 45.2. The number of Topliss-reactive ketones (excluding diaryl/α,β-unsaturated/α-hetero) is 1. The van der Waals surface area contributed by atoms with Crippen LogP contribution >= 0.6 is 0 Å². The fourth-order valence-corrected chi connectivity index (χ4v) is 6.59. The van der Waals surface area contributed by atoms with Gasteiger partial charge in [-0.15, -0.1) is 0 Å². The maximum Gasteiger partial charge on any atom is 0.161 e. The Morgan fingerprint density at radius 2 is 2.08 bits per heavy atom. The number of allylic oxidation sites excluding steroid dienone is 4. The molecule has 4 aliphatic rings. The summed E-state index contributed by atoms with van der Waals surface area (Å²) in [6.07, 6.45) is 11.7. The summed E-state index contributed by atoms with van der Waals surface area (Å²) >= 11 is 0. The lowest BCUT2D eigenvalue weighted by Crippen LogP contribution is -2.51. The number of aliphatic hydroxyl groups excluding tert-OH is 1. The van der Waals surface area contributed by atoms with Crippen LogP contribution < -0.4 is 0 Å². The average Bonchev–Trinajstić information content (AvgIpc) is 2.98. The lowest BCUT2D eigenvalue weighted by molar-refractivity contribution is -0.134. The third-order valence-electron chi connectivity index (χ3n) is 7.89. The molecule has 0 aromatic carbocycles. The van der Waals surface area contributed by atoms with Crippen LogP contribution in [0.2, 0.25) is 0 Å². The molecule has 1 N–H and O–H groups in total. The van der Waals surface area contributed by atoms with Crippen molar-refractivity contribution in [3.8, 4) is 0 Å². The SMILES string of the molecule is C[C@]12CC[C@H]3[C@@H](C=CC4=CC(=O)CC[C@]43C=O)[C@@H]1CC[C@@H]2C(=O)CO. The van der Waals surface area contributed by atoms with E-state index in [-0.39, 0.29) is 41.3 Å². The van der Waals surface area contributed by atoms with Crippen molar-refractivity contribution in [2.45, 2.75) is 45.4 Å². The number of aldehydes is 1. The second kappa shape index (κ2) is 5.73. The predicted octanol–water partition coefficient (Wildman–Crippen LogP) is 2.65. The fourth-order valence-electron chi connectivity index (χ4n) is 6.59. The average molecular weight is 342 g/mol. The van der Waals surface area contributed by atoms with E-state index in [0.29, 0.717) is 18.8 Å². The maximum atomic E-state index is 12.2. The van der Waals surface area contributed by atoms with E-state index in [0.717, 1.165) is 37.5 Å². The van der Waals surface area contributed by atoms with Gasteiger partial charge >= 0.3 is 0 Å². The number of hydrogen-bond donors (Lipinski definition) is 1. The summed E-state index contributed by atoms with van der Waals surface area (Å²) in [4.78, 5) is 36.3. The van der Waals surface area contributed by atoms with Gasteiger partial charge in [0.15, 0.2) is 11.6 Å². The molecule has 25 heavy (non-hydrogen) atoms. The highest BCUT2D eigenvalue weighted by Gasteiger charge is 2.60. The molecule has 134 valence electrons. The molecule has 0 saturated heterocycles. The van der Waals surface area contributed by atoms with Gasteiger partial charge in [0.05, 0.1) is 5.41 Å². The second-order valence-electron chi connectivity index (χ2n) is 8.67. The van der Waals surface area contributed by atoms with Crippen LogP contribution in [0, 0.1) is 34.5 Å². The highest BCUT2D eigenvalue weighted by molar-refractivity contribution is 5.94. The van der Waals surface area contributed by atoms with Crippen molar-refractivity contribution < 1.29 is 19.5 Å². The highest BCUT2D eigenvalue weighted by atomic mass is 16.3. The molecule has 0 aromatic heterocycles. The van der Waals surface area contributed by atoms with Crippen molar-refractivity contribution in [3.05, 3.63) is 23.8 Å². The molecule has 0 unspecified atom stereocenters. The summed E-state index contributed by atoms with van der Waals surface area (Å²) in [6, 6.07) is 0. The van der Waals surface area contributed by atoms with Crippen LogP contribution in [-0.2, 0) is 14.4 Å². The fraction of sp³-hybridized carbons (Fsp3) is 0.667. The van der Waals surface area contributed by atoms with Gasteiger partial charge in [-0.3, -0.25) is 9.59 Å². The van der Waals surface area contributed by atoms with Crippen molar-refractivity contribution in [1.29, 1.82) is 0 Å². The van der Waals surface area contributed by atoms with Crippen molar-refractivity contribution in [3.63, 3.8) is 0 Å². The number of hydrogen-bond acceptors (Lipinski definition) is 4. The summed E-state index contributed by atoms with van der Waals surface area (Å²) in [5, 5.41) is 9.34. The van der Waals surface area contributed by atoms with Gasteiger partial charge in [-0.2, -0.15) is 0 Å². The number of fused-ring (bicyclic) bond motifs is 5. The third-order valence-corrected chi connectivity index (χ3v) is 7.89. The summed E-state index contributed by atoms with van der Waals surface area (Å²) in [5.41, 5.74) is 0.291. The van der Waals surface area contributed by atoms with Gasteiger partial charge in [-0.05, 0) is 66.9 Å². The van der Waals surface area contributed by atoms with Crippen LogP contribution in [0.25, 0.3) is 0 Å². The third kappa shape index (κ3) is 2.19. The quantitative estimate of drug-likeness (QED) is 0.801. The van der Waals surface area contributed by atoms with Crippen molar-refractivity contribution in [2.24, 2.45) is 34.5 Å². The number of aliphatic hydroxyl groups is 1. The van der Waals surface area contributed by atoms with Crippen LogP contribution in [-0.4, -0.2) is 29.6 Å². The van der Waals surface area contributed by atoms with E-state index < -0.39 is 5.41 Å². The second-order valence-corrected chi connectivity index (χ2v) is 8.67. The number of carbonyl (C=O) groups excluding carboxylic acids is 3. The zero-order chi connectivity index (χ0) is 17.8. The van der Waals surface area contributed by atoms with E-state index in [4.69, 9.17) is 0 Å². The van der Waals surface area contributed by atoms with Crippen LogP contribution in [0.4, 0.5) is 0 Å². The molecule has 0 spiro atoms. The molecule has 2 saturated carbocycles. The lowest BCUT2D eigenvalue weighted by atomic mass is 9.48. The molecule has 4 rings (SSSR count). The first-order chi connectivity index (χ1) is 12.0. The van der Waals surface area contributed by atoms with E-state index in [1.807, 2.05) is 6.08 Å². The smallest absolute Gasteiger partial charge is 0.161 e. The Morgan fingerprint density at radius 3 is 2.80 bits per heavy atom. The molecular formula is C21H26O4. The Balaban J connectivity index is 1.73.